The van der Waals surface area contributed by atoms with Gasteiger partial charge in [-0.15, -0.1) is 0 Å². The number of unbranched alkanes of at least 4 members (excludes halogenated alkanes) is 9. The van der Waals surface area contributed by atoms with Gasteiger partial charge in [0, 0.05) is 43.3 Å². The molecule has 2 aliphatic heterocycles. The summed E-state index contributed by atoms with van der Waals surface area (Å²) in [6.45, 7) is 12.9. The number of carbonyl (C=O) groups is 2. The van der Waals surface area contributed by atoms with E-state index >= 15 is 0 Å². The molecule has 4 aliphatic carbocycles. The Morgan fingerprint density at radius 1 is 0.817 bits per heavy atom. The highest BCUT2D eigenvalue weighted by molar-refractivity contribution is 5.91. The molecule has 0 unspecified atom stereocenters. The number of hydrogen-bond donors (Lipinski definition) is 6. The largest absolute Gasteiger partial charge is 0.504 e. The lowest BCUT2D eigenvalue weighted by Crippen LogP contribution is -2.58. The second-order valence-corrected chi connectivity index (χ2v) is 20.0. The van der Waals surface area contributed by atoms with E-state index in [1.54, 1.807) is 0 Å². The molecule has 1 spiro atoms. The molecule has 11 heteroatoms. The first kappa shape index (κ1) is 48.6. The Bertz CT molecular complexity index is 1490. The summed E-state index contributed by atoms with van der Waals surface area (Å²) >= 11 is 0. The van der Waals surface area contributed by atoms with Crippen LogP contribution in [0.4, 0.5) is 0 Å². The van der Waals surface area contributed by atoms with Gasteiger partial charge in [-0.2, -0.15) is 0 Å². The number of hydrogen-bond acceptors (Lipinski definition) is 11. The summed E-state index contributed by atoms with van der Waals surface area (Å²) in [5.74, 6) is 1.03. The molecule has 6 aliphatic rings. The maximum atomic E-state index is 14.0. The lowest BCUT2D eigenvalue weighted by Gasteiger charge is -2.60. The highest BCUT2D eigenvalue weighted by atomic mass is 16.7. The third-order valence-corrected chi connectivity index (χ3v) is 16.1. The Hall–Kier alpha value is -2.44. The molecule has 2 saturated heterocycles. The quantitative estimate of drug-likeness (QED) is 0.0597. The van der Waals surface area contributed by atoms with Crippen molar-refractivity contribution in [2.24, 2.45) is 52.3 Å². The fraction of sp³-hybridized carbons (Fsp3) is 0.837. The van der Waals surface area contributed by atoms with Crippen molar-refractivity contribution in [3.63, 3.8) is 0 Å². The van der Waals surface area contributed by atoms with Crippen molar-refractivity contribution < 1.29 is 54.4 Å². The monoisotopic (exact) mass is 845 g/mol. The Balaban J connectivity index is 0.000000198. The van der Waals surface area contributed by atoms with Gasteiger partial charge >= 0.3 is 5.97 Å². The first-order valence-corrected chi connectivity index (χ1v) is 23.8. The van der Waals surface area contributed by atoms with Crippen LogP contribution in [0.1, 0.15) is 173 Å². The number of phenols is 3. The third-order valence-electron chi connectivity index (χ3n) is 16.1. The topological polar surface area (TPSA) is 183 Å². The van der Waals surface area contributed by atoms with Crippen LogP contribution in [0.3, 0.4) is 0 Å². The summed E-state index contributed by atoms with van der Waals surface area (Å²) in [5, 5.41) is 54.7. The molecular weight excluding hydrogens is 765 g/mol. The Kier molecular flexibility index (Phi) is 17.6. The maximum absolute atomic E-state index is 14.0. The summed E-state index contributed by atoms with van der Waals surface area (Å²) < 4.78 is 18.0. The van der Waals surface area contributed by atoms with Crippen LogP contribution < -0.4 is 0 Å². The second-order valence-electron chi connectivity index (χ2n) is 20.0. The van der Waals surface area contributed by atoms with Gasteiger partial charge in [-0.25, -0.2) is 4.79 Å². The molecule has 342 valence electrons. The normalized spacial score (nSPS) is 36.5. The molecule has 11 nitrogen and oxygen atoms in total. The SMILES string of the molecule is CCCOC(=O)c1cc(O)c(O)c(O)c1.C[C@@H]1CC[C@@]2(OC1)O[C@H]1C[C@H]3[C@@H]4CC[C@H]5C[C@@H](O)CC[C@]5(C)[C@H]4CC(=O)[C@]3(C)[C@H]1[C@@H]2C.OCCCCCCCCCCCCO. The predicted octanol–water partition coefficient (Wildman–Crippen LogP) is 9.22. The minimum absolute atomic E-state index is 0.00347. The lowest BCUT2D eigenvalue weighted by atomic mass is 9.44. The van der Waals surface area contributed by atoms with Crippen molar-refractivity contribution in [3.05, 3.63) is 17.7 Å². The molecule has 0 aromatic heterocycles. The van der Waals surface area contributed by atoms with Crippen molar-refractivity contribution in [1.82, 2.24) is 0 Å². The lowest BCUT2D eigenvalue weighted by molar-refractivity contribution is -0.272. The number of benzene rings is 1. The van der Waals surface area contributed by atoms with E-state index in [0.29, 0.717) is 60.9 Å². The van der Waals surface area contributed by atoms with Crippen LogP contribution in [0, 0.1) is 52.3 Å². The van der Waals surface area contributed by atoms with Crippen LogP contribution in [-0.2, 0) is 19.0 Å². The number of ether oxygens (including phenoxy) is 3. The van der Waals surface area contributed by atoms with Crippen molar-refractivity contribution in [2.75, 3.05) is 26.4 Å². The number of carbonyl (C=O) groups excluding carboxylic acids is 2. The predicted molar refractivity (Wildman–Crippen MR) is 230 cm³/mol. The molecule has 7 rings (SSSR count). The number of phenolic OH excluding ortho intramolecular Hbond substituents is 3. The van der Waals surface area contributed by atoms with Gasteiger partial charge in [-0.05, 0) is 111 Å². The van der Waals surface area contributed by atoms with Crippen molar-refractivity contribution in [3.8, 4) is 17.2 Å². The Morgan fingerprint density at radius 2 is 1.42 bits per heavy atom. The standard InChI is InChI=1S/C27H42O4.C12H26O2.C10H12O5/c1-15-7-10-27(30-14-15)16(2)24-22(31-27)12-21-19-6-5-17-11-18(28)8-9-25(17,3)20(19)13-23(29)26(21,24)4;13-11-9-7-5-3-1-2-4-6-8-10-12-14;1-2-3-15-10(14)6-4-7(11)9(13)8(12)5-6/h15-22,24,28H,5-14H2,1-4H3;13-14H,1-12H2;4-5,11-13H,2-3H2,1H3/t15-,16+,17+,18+,19-,20+,21+,22+,24+,25+,26-,27-;;/m1../s1. The minimum atomic E-state index is -0.651. The first-order valence-electron chi connectivity index (χ1n) is 23.8. The summed E-state index contributed by atoms with van der Waals surface area (Å²) in [4.78, 5) is 25.3. The number of Topliss-reactive ketones (excluding diaryl/α,β-unsaturated/α-hetero) is 1. The summed E-state index contributed by atoms with van der Waals surface area (Å²) in [5.41, 5.74) is -0.0256. The van der Waals surface area contributed by atoms with Gasteiger partial charge in [-0.1, -0.05) is 86.0 Å². The van der Waals surface area contributed by atoms with Gasteiger partial charge in [0.05, 0.1) is 31.0 Å². The van der Waals surface area contributed by atoms with Crippen LogP contribution in [0.15, 0.2) is 12.1 Å². The van der Waals surface area contributed by atoms with Gasteiger partial charge in [-0.3, -0.25) is 4.79 Å². The van der Waals surface area contributed by atoms with E-state index in [-0.39, 0.29) is 41.1 Å². The molecule has 6 N–H and O–H groups in total. The van der Waals surface area contributed by atoms with E-state index in [1.165, 1.54) is 64.2 Å². The van der Waals surface area contributed by atoms with Gasteiger partial charge in [0.15, 0.2) is 23.0 Å². The van der Waals surface area contributed by atoms with Crippen LogP contribution in [0.5, 0.6) is 17.2 Å². The number of aliphatic hydroxyl groups is 3. The van der Waals surface area contributed by atoms with Gasteiger partial charge in [0.2, 0.25) is 0 Å². The van der Waals surface area contributed by atoms with E-state index in [4.69, 9.17) is 39.7 Å². The highest BCUT2D eigenvalue weighted by Gasteiger charge is 2.71. The molecule has 12 atom stereocenters. The number of fused-ring (bicyclic) bond motifs is 7. The van der Waals surface area contributed by atoms with Crippen LogP contribution >= 0.6 is 0 Å². The number of esters is 1. The van der Waals surface area contributed by atoms with Gasteiger partial charge < -0.3 is 44.8 Å². The number of rotatable bonds is 14. The number of ketones is 1. The smallest absolute Gasteiger partial charge is 0.338 e. The molecule has 1 aromatic rings. The first-order chi connectivity index (χ1) is 28.7. The van der Waals surface area contributed by atoms with Gasteiger partial charge in [0.1, 0.15) is 5.78 Å². The summed E-state index contributed by atoms with van der Waals surface area (Å²) in [6.07, 6.45) is 22.2. The highest BCUT2D eigenvalue weighted by Crippen LogP contribution is 2.70. The van der Waals surface area contributed by atoms with E-state index in [1.807, 2.05) is 6.92 Å². The molecule has 2 heterocycles. The Morgan fingerprint density at radius 3 is 1.97 bits per heavy atom. The fourth-order valence-corrected chi connectivity index (χ4v) is 12.6. The van der Waals surface area contributed by atoms with E-state index < -0.39 is 29.0 Å². The zero-order chi connectivity index (χ0) is 43.7. The van der Waals surface area contributed by atoms with Crippen molar-refractivity contribution in [1.29, 1.82) is 0 Å². The number of aromatic hydroxyl groups is 3. The van der Waals surface area contributed by atoms with E-state index in [0.717, 1.165) is 76.5 Å². The van der Waals surface area contributed by atoms with Crippen LogP contribution in [0.2, 0.25) is 0 Å². The number of aliphatic hydroxyl groups excluding tert-OH is 3. The molecule has 0 radical (unpaired) electrons. The average molecular weight is 845 g/mol. The molecule has 0 amide bonds. The molecule has 6 fully saturated rings. The van der Waals surface area contributed by atoms with Crippen molar-refractivity contribution >= 4 is 11.8 Å². The molecule has 0 bridgehead atoms. The molecular formula is C49H80O11. The molecule has 4 saturated carbocycles. The second kappa shape index (κ2) is 21.8. The van der Waals surface area contributed by atoms with E-state index in [9.17, 15) is 14.7 Å². The van der Waals surface area contributed by atoms with Crippen LogP contribution in [-0.4, -0.2) is 86.8 Å². The minimum Gasteiger partial charge on any atom is -0.504 e. The van der Waals surface area contributed by atoms with Crippen molar-refractivity contribution in [2.45, 2.75) is 181 Å². The fourth-order valence-electron chi connectivity index (χ4n) is 12.6. The Labute approximate surface area is 360 Å². The molecule has 1 aromatic carbocycles. The van der Waals surface area contributed by atoms with Gasteiger partial charge in [0.25, 0.3) is 0 Å². The molecule has 60 heavy (non-hydrogen) atoms. The van der Waals surface area contributed by atoms with Crippen LogP contribution in [0.25, 0.3) is 0 Å². The zero-order valence-corrected chi connectivity index (χ0v) is 37.5. The summed E-state index contributed by atoms with van der Waals surface area (Å²) in [6, 6.07) is 2.07. The maximum Gasteiger partial charge on any atom is 0.338 e. The third kappa shape index (κ3) is 10.7. The summed E-state index contributed by atoms with van der Waals surface area (Å²) in [7, 11) is 0. The van der Waals surface area contributed by atoms with E-state index in [2.05, 4.69) is 27.7 Å². The average Bonchev–Trinajstić information content (AvgIpc) is 3.68. The zero-order valence-electron chi connectivity index (χ0n) is 37.5.